The Morgan fingerprint density at radius 1 is 1.21 bits per heavy atom. The van der Waals surface area contributed by atoms with Crippen molar-refractivity contribution in [3.63, 3.8) is 0 Å². The fourth-order valence-electron chi connectivity index (χ4n) is 2.37. The van der Waals surface area contributed by atoms with Gasteiger partial charge in [-0.25, -0.2) is 0 Å². The number of hydrogen-bond acceptors (Lipinski definition) is 2. The molecule has 1 aromatic rings. The molecule has 1 amide bonds. The Morgan fingerprint density at radius 2 is 1.84 bits per heavy atom. The smallest absolute Gasteiger partial charge is 0.244 e. The van der Waals surface area contributed by atoms with Crippen LogP contribution < -0.4 is 10.2 Å². The van der Waals surface area contributed by atoms with Crippen molar-refractivity contribution in [2.24, 2.45) is 0 Å². The van der Waals surface area contributed by atoms with Gasteiger partial charge in [0.05, 0.1) is 0 Å². The summed E-state index contributed by atoms with van der Waals surface area (Å²) in [5, 5.41) is 3.04. The van der Waals surface area contributed by atoms with E-state index in [2.05, 4.69) is 22.3 Å². The van der Waals surface area contributed by atoms with Crippen molar-refractivity contribution in [1.29, 1.82) is 0 Å². The molecule has 1 aromatic carbocycles. The van der Waals surface area contributed by atoms with Gasteiger partial charge in [0.15, 0.2) is 0 Å². The minimum atomic E-state index is 0.0172. The molecule has 102 valence electrons. The summed E-state index contributed by atoms with van der Waals surface area (Å²) in [6, 6.07) is 8.53. The number of amides is 1. The van der Waals surface area contributed by atoms with Gasteiger partial charge in [0.1, 0.15) is 0 Å². The van der Waals surface area contributed by atoms with E-state index < -0.39 is 0 Å². The number of carbonyl (C=O) groups is 1. The van der Waals surface area contributed by atoms with E-state index in [-0.39, 0.29) is 5.91 Å². The van der Waals surface area contributed by atoms with Crippen LogP contribution in [0.25, 0.3) is 6.08 Å². The second kappa shape index (κ2) is 6.41. The van der Waals surface area contributed by atoms with E-state index in [0.29, 0.717) is 6.04 Å². The van der Waals surface area contributed by atoms with E-state index >= 15 is 0 Å². The van der Waals surface area contributed by atoms with Crippen molar-refractivity contribution in [1.82, 2.24) is 5.32 Å². The van der Waals surface area contributed by atoms with Crippen molar-refractivity contribution in [2.45, 2.75) is 31.7 Å². The van der Waals surface area contributed by atoms with Crippen LogP contribution in [0.1, 0.15) is 31.2 Å². The van der Waals surface area contributed by atoms with Crippen molar-refractivity contribution in [3.05, 3.63) is 35.9 Å². The standard InChI is InChI=1S/C16H22N2O/c1-18(2)15-10-7-13(8-11-15)9-12-16(19)17-14-5-3-4-6-14/h7-12,14H,3-6H2,1-2H3,(H,17,19)/b12-9-. The minimum absolute atomic E-state index is 0.0172. The van der Waals surface area contributed by atoms with E-state index in [9.17, 15) is 4.79 Å². The van der Waals surface area contributed by atoms with Gasteiger partial charge in [-0.05, 0) is 36.6 Å². The Bertz CT molecular complexity index is 442. The van der Waals surface area contributed by atoms with Gasteiger partial charge in [0.2, 0.25) is 5.91 Å². The third-order valence-corrected chi connectivity index (χ3v) is 3.54. The van der Waals surface area contributed by atoms with Gasteiger partial charge in [-0.15, -0.1) is 0 Å². The summed E-state index contributed by atoms with van der Waals surface area (Å²) in [7, 11) is 4.03. The first-order valence-electron chi connectivity index (χ1n) is 6.91. The summed E-state index contributed by atoms with van der Waals surface area (Å²) < 4.78 is 0. The third kappa shape index (κ3) is 4.12. The second-order valence-corrected chi connectivity index (χ2v) is 5.31. The van der Waals surface area contributed by atoms with Crippen LogP contribution in [0, 0.1) is 0 Å². The number of hydrogen-bond donors (Lipinski definition) is 1. The van der Waals surface area contributed by atoms with Crippen molar-refractivity contribution in [3.8, 4) is 0 Å². The molecule has 0 radical (unpaired) electrons. The molecule has 1 aliphatic carbocycles. The molecule has 1 saturated carbocycles. The lowest BCUT2D eigenvalue weighted by Gasteiger charge is -2.12. The number of benzene rings is 1. The van der Waals surface area contributed by atoms with Crippen LogP contribution in [0.2, 0.25) is 0 Å². The average Bonchev–Trinajstić information content (AvgIpc) is 2.89. The highest BCUT2D eigenvalue weighted by Gasteiger charge is 2.15. The summed E-state index contributed by atoms with van der Waals surface area (Å²) >= 11 is 0. The Balaban J connectivity index is 1.88. The molecule has 1 N–H and O–H groups in total. The maximum Gasteiger partial charge on any atom is 0.244 e. The summed E-state index contributed by atoms with van der Waals surface area (Å²) in [4.78, 5) is 13.8. The normalized spacial score (nSPS) is 15.9. The van der Waals surface area contributed by atoms with Gasteiger partial charge < -0.3 is 10.2 Å². The minimum Gasteiger partial charge on any atom is -0.378 e. The first-order valence-corrected chi connectivity index (χ1v) is 6.91. The largest absolute Gasteiger partial charge is 0.378 e. The summed E-state index contributed by atoms with van der Waals surface area (Å²) in [5.74, 6) is 0.0172. The summed E-state index contributed by atoms with van der Waals surface area (Å²) in [5.41, 5.74) is 2.21. The zero-order chi connectivity index (χ0) is 13.7. The van der Waals surface area contributed by atoms with E-state index in [1.807, 2.05) is 32.3 Å². The van der Waals surface area contributed by atoms with Gasteiger partial charge in [-0.1, -0.05) is 25.0 Å². The molecular formula is C16H22N2O. The van der Waals surface area contributed by atoms with E-state index in [4.69, 9.17) is 0 Å². The highest BCUT2D eigenvalue weighted by atomic mass is 16.1. The maximum atomic E-state index is 11.7. The molecule has 3 heteroatoms. The molecule has 1 fully saturated rings. The number of nitrogens with one attached hydrogen (secondary N) is 1. The van der Waals surface area contributed by atoms with E-state index in [1.165, 1.54) is 12.8 Å². The van der Waals surface area contributed by atoms with Gasteiger partial charge >= 0.3 is 0 Å². The van der Waals surface area contributed by atoms with Crippen LogP contribution in [0.4, 0.5) is 5.69 Å². The molecule has 0 aliphatic heterocycles. The van der Waals surface area contributed by atoms with Crippen LogP contribution in [0.3, 0.4) is 0 Å². The third-order valence-electron chi connectivity index (χ3n) is 3.54. The monoisotopic (exact) mass is 258 g/mol. The predicted octanol–water partition coefficient (Wildman–Crippen LogP) is 2.82. The summed E-state index contributed by atoms with van der Waals surface area (Å²) in [6.07, 6.45) is 8.21. The molecule has 0 saturated heterocycles. The zero-order valence-corrected chi connectivity index (χ0v) is 11.7. The number of anilines is 1. The Kier molecular flexibility index (Phi) is 4.61. The fourth-order valence-corrected chi connectivity index (χ4v) is 2.37. The SMILES string of the molecule is CN(C)c1ccc(/C=C\C(=O)NC2CCCC2)cc1. The molecule has 3 nitrogen and oxygen atoms in total. The van der Waals surface area contributed by atoms with Gasteiger partial charge in [-0.3, -0.25) is 4.79 Å². The van der Waals surface area contributed by atoms with Gasteiger partial charge in [0, 0.05) is 31.9 Å². The number of carbonyl (C=O) groups excluding carboxylic acids is 1. The highest BCUT2D eigenvalue weighted by Crippen LogP contribution is 2.17. The Morgan fingerprint density at radius 3 is 2.42 bits per heavy atom. The average molecular weight is 258 g/mol. The lowest BCUT2D eigenvalue weighted by atomic mass is 10.2. The Hall–Kier alpha value is -1.77. The first-order chi connectivity index (χ1) is 9.15. The quantitative estimate of drug-likeness (QED) is 0.842. The molecule has 0 unspecified atom stereocenters. The Labute approximate surface area is 115 Å². The molecule has 0 atom stereocenters. The summed E-state index contributed by atoms with van der Waals surface area (Å²) in [6.45, 7) is 0. The predicted molar refractivity (Wildman–Crippen MR) is 80.2 cm³/mol. The lowest BCUT2D eigenvalue weighted by Crippen LogP contribution is -2.30. The van der Waals surface area contributed by atoms with E-state index in [0.717, 1.165) is 24.1 Å². The van der Waals surface area contributed by atoms with Crippen molar-refractivity contribution >= 4 is 17.7 Å². The van der Waals surface area contributed by atoms with Crippen LogP contribution in [0.5, 0.6) is 0 Å². The molecule has 19 heavy (non-hydrogen) atoms. The molecule has 1 aliphatic rings. The molecule has 0 heterocycles. The van der Waals surface area contributed by atoms with Gasteiger partial charge in [-0.2, -0.15) is 0 Å². The molecule has 0 aromatic heterocycles. The van der Waals surface area contributed by atoms with Gasteiger partial charge in [0.25, 0.3) is 0 Å². The maximum absolute atomic E-state index is 11.7. The van der Waals surface area contributed by atoms with Crippen LogP contribution >= 0.6 is 0 Å². The van der Waals surface area contributed by atoms with Crippen molar-refractivity contribution < 1.29 is 4.79 Å². The van der Waals surface area contributed by atoms with Crippen LogP contribution in [-0.2, 0) is 4.79 Å². The number of rotatable bonds is 4. The highest BCUT2D eigenvalue weighted by molar-refractivity contribution is 5.91. The molecule has 0 spiro atoms. The topological polar surface area (TPSA) is 32.3 Å². The fraction of sp³-hybridized carbons (Fsp3) is 0.438. The van der Waals surface area contributed by atoms with Crippen molar-refractivity contribution in [2.75, 3.05) is 19.0 Å². The zero-order valence-electron chi connectivity index (χ0n) is 11.7. The number of nitrogens with zero attached hydrogens (tertiary/aromatic N) is 1. The van der Waals surface area contributed by atoms with Crippen LogP contribution in [0.15, 0.2) is 30.3 Å². The lowest BCUT2D eigenvalue weighted by molar-refractivity contribution is -0.117. The van der Waals surface area contributed by atoms with E-state index in [1.54, 1.807) is 6.08 Å². The molecule has 2 rings (SSSR count). The van der Waals surface area contributed by atoms with Crippen LogP contribution in [-0.4, -0.2) is 26.0 Å². The molecular weight excluding hydrogens is 236 g/mol. The first kappa shape index (κ1) is 13.7. The molecule has 0 bridgehead atoms. The second-order valence-electron chi connectivity index (χ2n) is 5.31.